The molecule has 134 valence electrons. The van der Waals surface area contributed by atoms with E-state index in [-0.39, 0.29) is 5.91 Å². The Balaban J connectivity index is 1.59. The molecule has 0 radical (unpaired) electrons. The lowest BCUT2D eigenvalue weighted by Gasteiger charge is -2.21. The van der Waals surface area contributed by atoms with Gasteiger partial charge in [-0.3, -0.25) is 4.79 Å². The van der Waals surface area contributed by atoms with Crippen LogP contribution in [0.2, 0.25) is 0 Å². The molecular formula is C21H30N3O+. The van der Waals surface area contributed by atoms with E-state index in [1.54, 1.807) is 0 Å². The summed E-state index contributed by atoms with van der Waals surface area (Å²) in [7, 11) is 2.09. The molecular weight excluding hydrogens is 310 g/mol. The summed E-state index contributed by atoms with van der Waals surface area (Å²) in [5.41, 5.74) is 3.55. The van der Waals surface area contributed by atoms with Crippen molar-refractivity contribution >= 4 is 11.6 Å². The van der Waals surface area contributed by atoms with Crippen molar-refractivity contribution in [2.45, 2.75) is 45.1 Å². The van der Waals surface area contributed by atoms with Crippen LogP contribution in [0.3, 0.4) is 0 Å². The Kier molecular flexibility index (Phi) is 5.59. The van der Waals surface area contributed by atoms with Gasteiger partial charge in [-0.05, 0) is 42.2 Å². The average Bonchev–Trinajstić information content (AvgIpc) is 3.23. The number of carbonyl (C=O) groups excluding carboxylic acids is 1. The Morgan fingerprint density at radius 2 is 2.08 bits per heavy atom. The number of benzene rings is 1. The minimum atomic E-state index is 0.104. The number of hydrogen-bond donors (Lipinski definition) is 2. The first-order valence-corrected chi connectivity index (χ1v) is 9.44. The third kappa shape index (κ3) is 4.13. The van der Waals surface area contributed by atoms with Crippen LogP contribution in [0.1, 0.15) is 56.3 Å². The van der Waals surface area contributed by atoms with Crippen LogP contribution < -0.4 is 10.2 Å². The topological polar surface area (TPSA) is 38.5 Å². The molecule has 1 fully saturated rings. The molecule has 1 amide bonds. The van der Waals surface area contributed by atoms with Crippen LogP contribution in [0, 0.1) is 0 Å². The number of quaternary nitrogens is 1. The first-order chi connectivity index (χ1) is 12.1. The molecule has 4 nitrogen and oxygen atoms in total. The Hall–Kier alpha value is -2.07. The largest absolute Gasteiger partial charge is 0.350 e. The second kappa shape index (κ2) is 7.87. The van der Waals surface area contributed by atoms with Crippen molar-refractivity contribution in [3.63, 3.8) is 0 Å². The summed E-state index contributed by atoms with van der Waals surface area (Å²) in [6, 6.07) is 13.0. The number of rotatable bonds is 6. The van der Waals surface area contributed by atoms with Crippen molar-refractivity contribution in [3.8, 4) is 0 Å². The van der Waals surface area contributed by atoms with Crippen LogP contribution in [-0.2, 0) is 11.8 Å². The molecule has 1 aromatic carbocycles. The molecule has 3 atom stereocenters. The number of nitrogens with one attached hydrogen (secondary N) is 2. The lowest BCUT2D eigenvalue weighted by atomic mass is 9.99. The van der Waals surface area contributed by atoms with E-state index in [1.807, 2.05) is 12.1 Å². The molecule has 3 rings (SSSR count). The summed E-state index contributed by atoms with van der Waals surface area (Å²) in [5, 5.41) is 3.07. The lowest BCUT2D eigenvalue weighted by Crippen LogP contribution is -3.11. The number of hydrogen-bond acceptors (Lipinski definition) is 1. The number of aromatic nitrogens is 1. The highest BCUT2D eigenvalue weighted by Gasteiger charge is 2.32. The van der Waals surface area contributed by atoms with E-state index in [4.69, 9.17) is 0 Å². The number of carbonyl (C=O) groups is 1. The van der Waals surface area contributed by atoms with Crippen LogP contribution in [0.15, 0.2) is 42.6 Å². The van der Waals surface area contributed by atoms with Gasteiger partial charge in [0.2, 0.25) is 0 Å². The SMILES string of the molecule is CC[C@H](C)c1ccc(NC(=O)C[NH+]2CCC[C@@H]2c2cccn2C)cc1. The maximum absolute atomic E-state index is 12.5. The molecule has 0 aliphatic carbocycles. The molecule has 2 heterocycles. The van der Waals surface area contributed by atoms with Gasteiger partial charge >= 0.3 is 0 Å². The van der Waals surface area contributed by atoms with Gasteiger partial charge in [-0.25, -0.2) is 0 Å². The summed E-state index contributed by atoms with van der Waals surface area (Å²) >= 11 is 0. The predicted octanol–water partition coefficient (Wildman–Crippen LogP) is 2.90. The second-order valence-corrected chi connectivity index (χ2v) is 7.30. The summed E-state index contributed by atoms with van der Waals surface area (Å²) < 4.78 is 2.18. The van der Waals surface area contributed by atoms with E-state index >= 15 is 0 Å². The predicted molar refractivity (Wildman–Crippen MR) is 102 cm³/mol. The van der Waals surface area contributed by atoms with E-state index in [0.717, 1.165) is 25.1 Å². The molecule has 1 aliphatic rings. The number of amides is 1. The van der Waals surface area contributed by atoms with Crippen molar-refractivity contribution in [1.82, 2.24) is 4.57 Å². The minimum Gasteiger partial charge on any atom is -0.350 e. The average molecular weight is 340 g/mol. The molecule has 1 unspecified atom stereocenters. The Morgan fingerprint density at radius 1 is 1.32 bits per heavy atom. The Labute approximate surface area is 150 Å². The van der Waals surface area contributed by atoms with E-state index in [1.165, 1.54) is 22.6 Å². The summed E-state index contributed by atoms with van der Waals surface area (Å²) in [4.78, 5) is 13.9. The van der Waals surface area contributed by atoms with E-state index in [9.17, 15) is 4.79 Å². The van der Waals surface area contributed by atoms with Crippen LogP contribution in [0.5, 0.6) is 0 Å². The quantitative estimate of drug-likeness (QED) is 0.834. The molecule has 25 heavy (non-hydrogen) atoms. The molecule has 4 heteroatoms. The fraction of sp³-hybridized carbons (Fsp3) is 0.476. The van der Waals surface area contributed by atoms with Gasteiger partial charge in [-0.15, -0.1) is 0 Å². The fourth-order valence-electron chi connectivity index (χ4n) is 3.86. The van der Waals surface area contributed by atoms with Gasteiger partial charge in [-0.2, -0.15) is 0 Å². The van der Waals surface area contributed by atoms with Crippen molar-refractivity contribution in [1.29, 1.82) is 0 Å². The summed E-state index contributed by atoms with van der Waals surface area (Å²) in [6.45, 7) is 6.02. The molecule has 0 spiro atoms. The van der Waals surface area contributed by atoms with Gasteiger partial charge in [0, 0.05) is 31.8 Å². The van der Waals surface area contributed by atoms with E-state index in [0.29, 0.717) is 18.5 Å². The van der Waals surface area contributed by atoms with Crippen molar-refractivity contribution in [2.75, 3.05) is 18.4 Å². The molecule has 0 saturated carbocycles. The van der Waals surface area contributed by atoms with E-state index < -0.39 is 0 Å². The number of aryl methyl sites for hydroxylation is 1. The van der Waals surface area contributed by atoms with Gasteiger partial charge in [0.05, 0.1) is 12.2 Å². The number of likely N-dealkylation sites (tertiary alicyclic amines) is 1. The summed E-state index contributed by atoms with van der Waals surface area (Å²) in [5.74, 6) is 0.664. The number of nitrogens with zero attached hydrogens (tertiary/aromatic N) is 1. The highest BCUT2D eigenvalue weighted by molar-refractivity contribution is 5.91. The number of anilines is 1. The molecule has 0 bridgehead atoms. The van der Waals surface area contributed by atoms with Gasteiger partial charge in [0.1, 0.15) is 6.04 Å². The zero-order valence-corrected chi connectivity index (χ0v) is 15.6. The van der Waals surface area contributed by atoms with Crippen molar-refractivity contribution in [2.24, 2.45) is 7.05 Å². The molecule has 2 aromatic rings. The Bertz CT molecular complexity index is 704. The fourth-order valence-corrected chi connectivity index (χ4v) is 3.86. The van der Waals surface area contributed by atoms with Gasteiger partial charge in [0.25, 0.3) is 5.91 Å². The maximum atomic E-state index is 12.5. The highest BCUT2D eigenvalue weighted by atomic mass is 16.2. The van der Waals surface area contributed by atoms with Gasteiger partial charge in [0.15, 0.2) is 6.54 Å². The molecule has 2 N–H and O–H groups in total. The standard InChI is InChI=1S/C21H29N3O/c1-4-16(2)17-9-11-18(12-10-17)22-21(25)15-24-14-6-8-20(24)19-7-5-13-23(19)3/h5,7,9-13,16,20H,4,6,8,14-15H2,1-3H3,(H,22,25)/p+1/t16-,20+/m0/s1. The Morgan fingerprint density at radius 3 is 2.72 bits per heavy atom. The monoisotopic (exact) mass is 340 g/mol. The lowest BCUT2D eigenvalue weighted by molar-refractivity contribution is -0.910. The third-order valence-corrected chi connectivity index (χ3v) is 5.59. The zero-order chi connectivity index (χ0) is 17.8. The van der Waals surface area contributed by atoms with Crippen LogP contribution >= 0.6 is 0 Å². The molecule has 1 aromatic heterocycles. The maximum Gasteiger partial charge on any atom is 0.279 e. The van der Waals surface area contributed by atoms with Crippen LogP contribution in [0.25, 0.3) is 0 Å². The van der Waals surface area contributed by atoms with Gasteiger partial charge < -0.3 is 14.8 Å². The summed E-state index contributed by atoms with van der Waals surface area (Å²) in [6.07, 6.45) is 5.56. The van der Waals surface area contributed by atoms with Crippen LogP contribution in [-0.4, -0.2) is 23.6 Å². The zero-order valence-electron chi connectivity index (χ0n) is 15.6. The normalized spacial score (nSPS) is 21.2. The minimum absolute atomic E-state index is 0.104. The van der Waals surface area contributed by atoms with Crippen LogP contribution in [0.4, 0.5) is 5.69 Å². The highest BCUT2D eigenvalue weighted by Crippen LogP contribution is 2.21. The first kappa shape index (κ1) is 17.7. The van der Waals surface area contributed by atoms with Crippen molar-refractivity contribution < 1.29 is 9.69 Å². The molecule has 1 aliphatic heterocycles. The van der Waals surface area contributed by atoms with Crippen molar-refractivity contribution in [3.05, 3.63) is 53.9 Å². The second-order valence-electron chi connectivity index (χ2n) is 7.30. The third-order valence-electron chi connectivity index (χ3n) is 5.59. The molecule has 1 saturated heterocycles. The first-order valence-electron chi connectivity index (χ1n) is 9.44. The van der Waals surface area contributed by atoms with Gasteiger partial charge in [-0.1, -0.05) is 26.0 Å². The smallest absolute Gasteiger partial charge is 0.279 e. The van der Waals surface area contributed by atoms with E-state index in [2.05, 4.69) is 61.2 Å².